The van der Waals surface area contributed by atoms with Gasteiger partial charge in [0, 0.05) is 10.9 Å². The summed E-state index contributed by atoms with van der Waals surface area (Å²) in [6.07, 6.45) is 0. The first-order valence-corrected chi connectivity index (χ1v) is 8.81. The van der Waals surface area contributed by atoms with Gasteiger partial charge in [0.25, 0.3) is 0 Å². The molecule has 136 valence electrons. The Hall–Kier alpha value is -3.33. The van der Waals surface area contributed by atoms with Crippen LogP contribution in [0.2, 0.25) is 0 Å². The Balaban J connectivity index is 1.74. The second-order valence-electron chi connectivity index (χ2n) is 7.03. The molecule has 0 spiro atoms. The van der Waals surface area contributed by atoms with E-state index in [4.69, 9.17) is 9.68 Å². The summed E-state index contributed by atoms with van der Waals surface area (Å²) < 4.78 is 19.7. The van der Waals surface area contributed by atoms with Gasteiger partial charge in [-0.1, -0.05) is 13.8 Å². The standard InChI is InChI=1S/C21H19FN4O/c1-11(2)19(20-12(3)15-9-14(22)5-7-18(15)27-20)26-21-24-16-6-4-13(10-23)8-17(16)25-21/h4-9,11,19H,1-3H3,(H2,24,25,26)/t19-/m1/s1. The molecule has 0 aliphatic heterocycles. The molecule has 0 fully saturated rings. The average molecular weight is 362 g/mol. The molecule has 0 aliphatic carbocycles. The van der Waals surface area contributed by atoms with Gasteiger partial charge < -0.3 is 14.7 Å². The Morgan fingerprint density at radius 2 is 2.04 bits per heavy atom. The fourth-order valence-corrected chi connectivity index (χ4v) is 3.34. The summed E-state index contributed by atoms with van der Waals surface area (Å²) in [7, 11) is 0. The van der Waals surface area contributed by atoms with Gasteiger partial charge in [-0.05, 0) is 49.2 Å². The molecule has 5 nitrogen and oxygen atoms in total. The number of furan rings is 1. The number of aromatic nitrogens is 2. The molecule has 0 bridgehead atoms. The van der Waals surface area contributed by atoms with Crippen molar-refractivity contribution in [1.29, 1.82) is 5.26 Å². The number of anilines is 1. The highest BCUT2D eigenvalue weighted by atomic mass is 19.1. The highest BCUT2D eigenvalue weighted by molar-refractivity contribution is 5.82. The van der Waals surface area contributed by atoms with Crippen molar-refractivity contribution in [3.05, 3.63) is 59.1 Å². The second kappa shape index (κ2) is 6.44. The average Bonchev–Trinajstić information content (AvgIpc) is 3.19. The van der Waals surface area contributed by atoms with Crippen molar-refractivity contribution in [2.75, 3.05) is 5.32 Å². The Labute approximate surface area is 155 Å². The van der Waals surface area contributed by atoms with Crippen LogP contribution < -0.4 is 5.32 Å². The van der Waals surface area contributed by atoms with E-state index in [1.54, 1.807) is 18.2 Å². The number of hydrogen-bond donors (Lipinski definition) is 2. The molecule has 2 N–H and O–H groups in total. The maximum atomic E-state index is 13.6. The maximum Gasteiger partial charge on any atom is 0.201 e. The zero-order valence-corrected chi connectivity index (χ0v) is 15.3. The zero-order chi connectivity index (χ0) is 19.1. The summed E-state index contributed by atoms with van der Waals surface area (Å²) in [6.45, 7) is 6.11. The van der Waals surface area contributed by atoms with Gasteiger partial charge in [-0.3, -0.25) is 0 Å². The van der Waals surface area contributed by atoms with E-state index < -0.39 is 0 Å². The quantitative estimate of drug-likeness (QED) is 0.507. The lowest BCUT2D eigenvalue weighted by molar-refractivity contribution is 0.435. The van der Waals surface area contributed by atoms with Crippen LogP contribution in [0.4, 0.5) is 10.3 Å². The van der Waals surface area contributed by atoms with Gasteiger partial charge in [0.1, 0.15) is 17.2 Å². The molecule has 6 heteroatoms. The van der Waals surface area contributed by atoms with Crippen molar-refractivity contribution in [1.82, 2.24) is 9.97 Å². The predicted octanol–water partition coefficient (Wildman–Crippen LogP) is 5.44. The number of halogens is 1. The smallest absolute Gasteiger partial charge is 0.201 e. The number of imidazole rings is 1. The summed E-state index contributed by atoms with van der Waals surface area (Å²) in [5.74, 6) is 1.29. The molecule has 0 saturated carbocycles. The minimum atomic E-state index is -0.280. The SMILES string of the molecule is Cc1c([C@H](Nc2nc3ccc(C#N)cc3[nH]2)C(C)C)oc2ccc(F)cc12. The molecule has 1 atom stereocenters. The topological polar surface area (TPSA) is 77.6 Å². The summed E-state index contributed by atoms with van der Waals surface area (Å²) in [5, 5.41) is 13.2. The maximum absolute atomic E-state index is 13.6. The molecule has 0 saturated heterocycles. The van der Waals surface area contributed by atoms with Crippen LogP contribution in [-0.4, -0.2) is 9.97 Å². The van der Waals surface area contributed by atoms with E-state index in [-0.39, 0.29) is 17.8 Å². The Kier molecular flexibility index (Phi) is 4.08. The van der Waals surface area contributed by atoms with Crippen molar-refractivity contribution in [2.24, 2.45) is 5.92 Å². The summed E-state index contributed by atoms with van der Waals surface area (Å²) >= 11 is 0. The number of aryl methyl sites for hydroxylation is 1. The number of hydrogen-bond acceptors (Lipinski definition) is 4. The molecule has 2 aromatic carbocycles. The minimum absolute atomic E-state index is 0.142. The third-order valence-corrected chi connectivity index (χ3v) is 4.79. The van der Waals surface area contributed by atoms with Crippen LogP contribution in [0.5, 0.6) is 0 Å². The number of H-pyrrole nitrogens is 1. The highest BCUT2D eigenvalue weighted by Crippen LogP contribution is 2.35. The van der Waals surface area contributed by atoms with Gasteiger partial charge in [0.2, 0.25) is 5.95 Å². The number of rotatable bonds is 4. The van der Waals surface area contributed by atoms with Crippen molar-refractivity contribution in [3.8, 4) is 6.07 Å². The van der Waals surface area contributed by atoms with E-state index >= 15 is 0 Å². The summed E-state index contributed by atoms with van der Waals surface area (Å²) in [4.78, 5) is 7.77. The third-order valence-electron chi connectivity index (χ3n) is 4.79. The normalized spacial score (nSPS) is 12.6. The Morgan fingerprint density at radius 3 is 2.78 bits per heavy atom. The van der Waals surface area contributed by atoms with Crippen molar-refractivity contribution >= 4 is 28.0 Å². The highest BCUT2D eigenvalue weighted by Gasteiger charge is 2.24. The van der Waals surface area contributed by atoms with Crippen LogP contribution in [0, 0.1) is 30.0 Å². The Bertz CT molecular complexity index is 1180. The van der Waals surface area contributed by atoms with Crippen molar-refractivity contribution in [2.45, 2.75) is 26.8 Å². The van der Waals surface area contributed by atoms with Crippen LogP contribution in [0.1, 0.15) is 36.8 Å². The lowest BCUT2D eigenvalue weighted by Gasteiger charge is -2.20. The van der Waals surface area contributed by atoms with Crippen LogP contribution in [0.15, 0.2) is 40.8 Å². The monoisotopic (exact) mass is 362 g/mol. The second-order valence-corrected chi connectivity index (χ2v) is 7.03. The molecular formula is C21H19FN4O. The number of benzene rings is 2. The van der Waals surface area contributed by atoms with E-state index in [0.29, 0.717) is 17.1 Å². The van der Waals surface area contributed by atoms with E-state index in [2.05, 4.69) is 35.2 Å². The van der Waals surface area contributed by atoms with Gasteiger partial charge in [0.05, 0.1) is 28.7 Å². The largest absolute Gasteiger partial charge is 0.459 e. The predicted molar refractivity (Wildman–Crippen MR) is 103 cm³/mol. The molecular weight excluding hydrogens is 343 g/mol. The molecule has 2 aromatic heterocycles. The molecule has 0 aliphatic rings. The fourth-order valence-electron chi connectivity index (χ4n) is 3.34. The van der Waals surface area contributed by atoms with E-state index in [0.717, 1.165) is 27.7 Å². The van der Waals surface area contributed by atoms with Crippen LogP contribution in [0.25, 0.3) is 22.0 Å². The van der Waals surface area contributed by atoms with Gasteiger partial charge >= 0.3 is 0 Å². The first kappa shape index (κ1) is 17.1. The zero-order valence-electron chi connectivity index (χ0n) is 15.3. The number of nitriles is 1. The van der Waals surface area contributed by atoms with Crippen LogP contribution >= 0.6 is 0 Å². The molecule has 0 unspecified atom stereocenters. The van der Waals surface area contributed by atoms with E-state index in [1.807, 2.05) is 13.0 Å². The molecule has 4 rings (SSSR count). The van der Waals surface area contributed by atoms with Gasteiger partial charge in [-0.15, -0.1) is 0 Å². The van der Waals surface area contributed by atoms with Gasteiger partial charge in [-0.2, -0.15) is 5.26 Å². The lowest BCUT2D eigenvalue weighted by atomic mass is 9.98. The first-order valence-electron chi connectivity index (χ1n) is 8.81. The number of aromatic amines is 1. The van der Waals surface area contributed by atoms with Crippen LogP contribution in [0.3, 0.4) is 0 Å². The van der Waals surface area contributed by atoms with Gasteiger partial charge in [-0.25, -0.2) is 9.37 Å². The van der Waals surface area contributed by atoms with Crippen molar-refractivity contribution < 1.29 is 8.81 Å². The van der Waals surface area contributed by atoms with E-state index in [9.17, 15) is 4.39 Å². The molecule has 0 radical (unpaired) electrons. The third kappa shape index (κ3) is 3.02. The van der Waals surface area contributed by atoms with E-state index in [1.165, 1.54) is 12.1 Å². The number of nitrogens with zero attached hydrogens (tertiary/aromatic N) is 2. The molecule has 27 heavy (non-hydrogen) atoms. The van der Waals surface area contributed by atoms with Crippen LogP contribution in [-0.2, 0) is 0 Å². The lowest BCUT2D eigenvalue weighted by Crippen LogP contribution is -2.17. The first-order chi connectivity index (χ1) is 13.0. The van der Waals surface area contributed by atoms with Gasteiger partial charge in [0.15, 0.2) is 0 Å². The summed E-state index contributed by atoms with van der Waals surface area (Å²) in [5.41, 5.74) is 3.73. The molecule has 4 aromatic rings. The fraction of sp³-hybridized carbons (Fsp3) is 0.238. The number of nitrogens with one attached hydrogen (secondary N) is 2. The molecule has 0 amide bonds. The van der Waals surface area contributed by atoms with Crippen molar-refractivity contribution in [3.63, 3.8) is 0 Å². The number of fused-ring (bicyclic) bond motifs is 2. The minimum Gasteiger partial charge on any atom is -0.459 e. The Morgan fingerprint density at radius 1 is 1.22 bits per heavy atom. The molecule has 2 heterocycles. The summed E-state index contributed by atoms with van der Waals surface area (Å²) in [6, 6.07) is 11.9.